The lowest BCUT2D eigenvalue weighted by Crippen LogP contribution is -3.14. The smallest absolute Gasteiger partial charge is 0.155 e. The zero-order chi connectivity index (χ0) is 17.2. The summed E-state index contributed by atoms with van der Waals surface area (Å²) in [5.41, 5.74) is 4.75. The van der Waals surface area contributed by atoms with Crippen LogP contribution < -0.4 is 4.90 Å². The van der Waals surface area contributed by atoms with Gasteiger partial charge >= 0.3 is 0 Å². The summed E-state index contributed by atoms with van der Waals surface area (Å²) < 4.78 is 20.6. The molecule has 0 atom stereocenters. The van der Waals surface area contributed by atoms with E-state index in [0.717, 1.165) is 67.4 Å². The Morgan fingerprint density at radius 3 is 2.72 bits per heavy atom. The molecule has 1 saturated heterocycles. The number of fused-ring (bicyclic) bond motifs is 1. The number of benzene rings is 1. The van der Waals surface area contributed by atoms with Gasteiger partial charge in [-0.1, -0.05) is 0 Å². The Hall–Kier alpha value is -2.31. The van der Waals surface area contributed by atoms with Gasteiger partial charge in [0, 0.05) is 29.8 Å². The number of halogens is 1. The van der Waals surface area contributed by atoms with Crippen LogP contribution in [0.15, 0.2) is 36.5 Å². The van der Waals surface area contributed by atoms with E-state index in [4.69, 9.17) is 9.72 Å². The molecule has 5 nitrogen and oxygen atoms in total. The third-order valence-electron chi connectivity index (χ3n) is 4.71. The molecule has 2 aromatic heterocycles. The average molecular weight is 341 g/mol. The molecule has 1 N–H and O–H groups in total. The molecule has 0 spiro atoms. The molecule has 6 heteroatoms. The highest BCUT2D eigenvalue weighted by Gasteiger charge is 2.17. The third kappa shape index (κ3) is 3.55. The van der Waals surface area contributed by atoms with Gasteiger partial charge in [0.25, 0.3) is 0 Å². The van der Waals surface area contributed by atoms with Gasteiger partial charge in [0.15, 0.2) is 5.65 Å². The van der Waals surface area contributed by atoms with Crippen molar-refractivity contribution < 1.29 is 14.0 Å². The maximum atomic E-state index is 13.3. The van der Waals surface area contributed by atoms with Gasteiger partial charge in [0.05, 0.1) is 31.1 Å². The quantitative estimate of drug-likeness (QED) is 0.778. The van der Waals surface area contributed by atoms with Crippen LogP contribution >= 0.6 is 0 Å². The Kier molecular flexibility index (Phi) is 4.46. The van der Waals surface area contributed by atoms with Gasteiger partial charge in [0.1, 0.15) is 18.9 Å². The van der Waals surface area contributed by atoms with E-state index in [9.17, 15) is 4.39 Å². The number of aryl methyl sites for hydroxylation is 1. The molecule has 4 rings (SSSR count). The first-order valence-corrected chi connectivity index (χ1v) is 8.72. The highest BCUT2D eigenvalue weighted by Crippen LogP contribution is 2.23. The molecule has 130 valence electrons. The van der Waals surface area contributed by atoms with Gasteiger partial charge in [-0.25, -0.2) is 13.9 Å². The minimum Gasteiger partial charge on any atom is -0.370 e. The van der Waals surface area contributed by atoms with Crippen LogP contribution in [0, 0.1) is 12.7 Å². The van der Waals surface area contributed by atoms with Crippen molar-refractivity contribution in [2.24, 2.45) is 0 Å². The Morgan fingerprint density at radius 2 is 1.96 bits per heavy atom. The van der Waals surface area contributed by atoms with E-state index in [1.54, 1.807) is 17.0 Å². The number of hydrogen-bond acceptors (Lipinski definition) is 3. The van der Waals surface area contributed by atoms with E-state index < -0.39 is 0 Å². The molecule has 1 fully saturated rings. The van der Waals surface area contributed by atoms with Crippen molar-refractivity contribution in [2.75, 3.05) is 32.8 Å². The SMILES string of the molecule is Cc1cc2nc(-c3ccc(F)cc3)c(CC[NH+]3CCOCC3)cn2n1. The first-order valence-electron chi connectivity index (χ1n) is 8.72. The normalized spacial score (nSPS) is 15.8. The molecule has 3 heterocycles. The average Bonchev–Trinajstić information content (AvgIpc) is 3.00. The van der Waals surface area contributed by atoms with Gasteiger partial charge in [-0.2, -0.15) is 5.10 Å². The number of rotatable bonds is 4. The molecular weight excluding hydrogens is 319 g/mol. The minimum absolute atomic E-state index is 0.232. The summed E-state index contributed by atoms with van der Waals surface area (Å²) in [6.07, 6.45) is 2.97. The Balaban J connectivity index is 1.68. The van der Waals surface area contributed by atoms with Crippen molar-refractivity contribution in [1.82, 2.24) is 14.6 Å². The van der Waals surface area contributed by atoms with Crippen LogP contribution in [0.4, 0.5) is 4.39 Å². The van der Waals surface area contributed by atoms with E-state index in [1.807, 2.05) is 17.5 Å². The fourth-order valence-corrected chi connectivity index (χ4v) is 3.34. The summed E-state index contributed by atoms with van der Waals surface area (Å²) >= 11 is 0. The zero-order valence-corrected chi connectivity index (χ0v) is 14.3. The summed E-state index contributed by atoms with van der Waals surface area (Å²) in [6.45, 7) is 6.74. The number of nitrogens with zero attached hydrogens (tertiary/aromatic N) is 3. The second-order valence-corrected chi connectivity index (χ2v) is 6.57. The highest BCUT2D eigenvalue weighted by atomic mass is 19.1. The van der Waals surface area contributed by atoms with Crippen LogP contribution in [0.1, 0.15) is 11.3 Å². The van der Waals surface area contributed by atoms with Crippen molar-refractivity contribution in [1.29, 1.82) is 0 Å². The van der Waals surface area contributed by atoms with E-state index in [-0.39, 0.29) is 5.82 Å². The third-order valence-corrected chi connectivity index (χ3v) is 4.71. The molecule has 0 amide bonds. The molecule has 1 aliphatic rings. The number of hydrogen-bond donors (Lipinski definition) is 1. The molecule has 0 bridgehead atoms. The molecule has 3 aromatic rings. The lowest BCUT2D eigenvalue weighted by atomic mass is 10.0. The molecule has 0 aliphatic carbocycles. The van der Waals surface area contributed by atoms with Crippen LogP contribution in [-0.4, -0.2) is 47.4 Å². The second-order valence-electron chi connectivity index (χ2n) is 6.57. The lowest BCUT2D eigenvalue weighted by Gasteiger charge is -2.24. The van der Waals surface area contributed by atoms with Gasteiger partial charge < -0.3 is 9.64 Å². The Bertz CT molecular complexity index is 869. The van der Waals surface area contributed by atoms with Gasteiger partial charge in [-0.15, -0.1) is 0 Å². The van der Waals surface area contributed by atoms with Crippen molar-refractivity contribution in [3.63, 3.8) is 0 Å². The van der Waals surface area contributed by atoms with E-state index in [0.29, 0.717) is 0 Å². The lowest BCUT2D eigenvalue weighted by molar-refractivity contribution is -0.907. The van der Waals surface area contributed by atoms with Crippen LogP contribution in [-0.2, 0) is 11.2 Å². The highest BCUT2D eigenvalue weighted by molar-refractivity contribution is 5.65. The number of aromatic nitrogens is 3. The van der Waals surface area contributed by atoms with Gasteiger partial charge in [-0.3, -0.25) is 0 Å². The van der Waals surface area contributed by atoms with E-state index >= 15 is 0 Å². The standard InChI is InChI=1S/C19H21FN4O/c1-14-12-18-21-19(15-2-4-17(20)5-3-15)16(13-24(18)22-14)6-7-23-8-10-25-11-9-23/h2-5,12-13H,6-11H2,1H3/p+1. The molecule has 0 unspecified atom stereocenters. The summed E-state index contributed by atoms with van der Waals surface area (Å²) in [5, 5.41) is 4.48. The maximum absolute atomic E-state index is 13.3. The summed E-state index contributed by atoms with van der Waals surface area (Å²) in [5.74, 6) is -0.232. The Morgan fingerprint density at radius 1 is 1.20 bits per heavy atom. The van der Waals surface area contributed by atoms with E-state index in [2.05, 4.69) is 11.3 Å². The number of morpholine rings is 1. The number of nitrogens with one attached hydrogen (secondary N) is 1. The van der Waals surface area contributed by atoms with Crippen molar-refractivity contribution in [3.8, 4) is 11.3 Å². The predicted molar refractivity (Wildman–Crippen MR) is 93.2 cm³/mol. The molecule has 25 heavy (non-hydrogen) atoms. The molecular formula is C19H22FN4O+. The fraction of sp³-hybridized carbons (Fsp3) is 0.368. The fourth-order valence-electron chi connectivity index (χ4n) is 3.34. The monoisotopic (exact) mass is 341 g/mol. The first kappa shape index (κ1) is 16.2. The predicted octanol–water partition coefficient (Wildman–Crippen LogP) is 1.30. The second kappa shape index (κ2) is 6.90. The van der Waals surface area contributed by atoms with Gasteiger partial charge in [-0.05, 0) is 31.2 Å². The zero-order valence-electron chi connectivity index (χ0n) is 14.3. The maximum Gasteiger partial charge on any atom is 0.155 e. The van der Waals surface area contributed by atoms with Crippen LogP contribution in [0.25, 0.3) is 16.9 Å². The summed E-state index contributed by atoms with van der Waals surface area (Å²) in [4.78, 5) is 6.35. The molecule has 0 radical (unpaired) electrons. The molecule has 1 aliphatic heterocycles. The topological polar surface area (TPSA) is 43.9 Å². The van der Waals surface area contributed by atoms with Crippen molar-refractivity contribution in [2.45, 2.75) is 13.3 Å². The number of ether oxygens (including phenoxy) is 1. The van der Waals surface area contributed by atoms with E-state index in [1.165, 1.54) is 12.1 Å². The minimum atomic E-state index is -0.232. The summed E-state index contributed by atoms with van der Waals surface area (Å²) in [6, 6.07) is 8.52. The van der Waals surface area contributed by atoms with Crippen molar-refractivity contribution in [3.05, 3.63) is 53.6 Å². The number of quaternary nitrogens is 1. The Labute approximate surface area is 146 Å². The largest absolute Gasteiger partial charge is 0.370 e. The molecule has 1 aromatic carbocycles. The van der Waals surface area contributed by atoms with Crippen LogP contribution in [0.5, 0.6) is 0 Å². The van der Waals surface area contributed by atoms with Crippen molar-refractivity contribution >= 4 is 5.65 Å². The summed E-state index contributed by atoms with van der Waals surface area (Å²) in [7, 11) is 0. The first-order chi connectivity index (χ1) is 12.2. The van der Waals surface area contributed by atoms with Crippen LogP contribution in [0.2, 0.25) is 0 Å². The molecule has 0 saturated carbocycles. The van der Waals surface area contributed by atoms with Gasteiger partial charge in [0.2, 0.25) is 0 Å². The van der Waals surface area contributed by atoms with Crippen LogP contribution in [0.3, 0.4) is 0 Å².